The molecule has 3 nitrogen and oxygen atoms in total. The molecule has 0 heterocycles. The molecule has 0 spiro atoms. The number of carbonyl (C=O) groups excluding carboxylic acids is 1. The van der Waals surface area contributed by atoms with Crippen LogP contribution in [-0.2, 0) is 0 Å². The van der Waals surface area contributed by atoms with Crippen LogP contribution in [0.3, 0.4) is 0 Å². The van der Waals surface area contributed by atoms with Crippen molar-refractivity contribution in [1.29, 1.82) is 0 Å². The van der Waals surface area contributed by atoms with Crippen molar-refractivity contribution in [3.63, 3.8) is 0 Å². The monoisotopic (exact) mass is 279 g/mol. The van der Waals surface area contributed by atoms with Crippen LogP contribution in [0.4, 0.5) is 10.1 Å². The summed E-state index contributed by atoms with van der Waals surface area (Å²) in [5, 5.41) is 9.99. The van der Waals surface area contributed by atoms with E-state index in [2.05, 4.69) is 0 Å². The van der Waals surface area contributed by atoms with E-state index >= 15 is 0 Å². The molecule has 98 valence electrons. The van der Waals surface area contributed by atoms with Crippen LogP contribution >= 0.6 is 11.6 Å². The van der Waals surface area contributed by atoms with Gasteiger partial charge in [0.05, 0.1) is 11.3 Å². The van der Waals surface area contributed by atoms with Gasteiger partial charge in [-0.1, -0.05) is 23.7 Å². The number of halogens is 2. The lowest BCUT2D eigenvalue weighted by molar-refractivity contribution is 0.0989. The van der Waals surface area contributed by atoms with Crippen LogP contribution < -0.4 is 4.90 Å². The van der Waals surface area contributed by atoms with Gasteiger partial charge in [-0.2, -0.15) is 0 Å². The maximum Gasteiger partial charge on any atom is 0.261 e. The van der Waals surface area contributed by atoms with Crippen molar-refractivity contribution in [3.8, 4) is 5.75 Å². The molecule has 0 atom stereocenters. The van der Waals surface area contributed by atoms with Crippen molar-refractivity contribution in [3.05, 3.63) is 58.9 Å². The van der Waals surface area contributed by atoms with Gasteiger partial charge in [0.2, 0.25) is 0 Å². The molecular weight excluding hydrogens is 269 g/mol. The van der Waals surface area contributed by atoms with Crippen LogP contribution in [0.5, 0.6) is 5.75 Å². The molecule has 0 aliphatic heterocycles. The first kappa shape index (κ1) is 13.4. The van der Waals surface area contributed by atoms with Gasteiger partial charge in [0.1, 0.15) is 11.6 Å². The van der Waals surface area contributed by atoms with Crippen LogP contribution in [-0.4, -0.2) is 18.1 Å². The normalized spacial score (nSPS) is 10.3. The molecule has 0 saturated carbocycles. The topological polar surface area (TPSA) is 40.5 Å². The molecule has 19 heavy (non-hydrogen) atoms. The van der Waals surface area contributed by atoms with Crippen LogP contribution in [0, 0.1) is 5.82 Å². The van der Waals surface area contributed by atoms with Gasteiger partial charge in [-0.25, -0.2) is 4.39 Å². The van der Waals surface area contributed by atoms with Gasteiger partial charge in [-0.3, -0.25) is 4.79 Å². The third-order valence-corrected chi connectivity index (χ3v) is 2.94. The molecular formula is C14H11ClFNO2. The average molecular weight is 280 g/mol. The van der Waals surface area contributed by atoms with Crippen LogP contribution in [0.1, 0.15) is 10.4 Å². The zero-order valence-electron chi connectivity index (χ0n) is 10.1. The number of carbonyl (C=O) groups is 1. The second-order valence-corrected chi connectivity index (χ2v) is 4.41. The lowest BCUT2D eigenvalue weighted by Gasteiger charge is -2.18. The lowest BCUT2D eigenvalue weighted by atomic mass is 10.1. The molecule has 0 unspecified atom stereocenters. The lowest BCUT2D eigenvalue weighted by Crippen LogP contribution is -2.27. The molecule has 2 aromatic carbocycles. The maximum absolute atomic E-state index is 13.6. The van der Waals surface area contributed by atoms with Gasteiger partial charge in [0.25, 0.3) is 5.91 Å². The summed E-state index contributed by atoms with van der Waals surface area (Å²) in [6.07, 6.45) is 0. The standard InChI is InChI=1S/C14H11ClFNO2/c1-17(12-5-3-2-4-11(12)16)14(19)10-8-9(15)6-7-13(10)18/h2-8,18H,1H3. The van der Waals surface area contributed by atoms with Crippen molar-refractivity contribution in [2.45, 2.75) is 0 Å². The largest absolute Gasteiger partial charge is 0.507 e. The highest BCUT2D eigenvalue weighted by Crippen LogP contribution is 2.25. The molecule has 0 aliphatic rings. The number of hydrogen-bond donors (Lipinski definition) is 1. The van der Waals surface area contributed by atoms with E-state index in [1.54, 1.807) is 6.07 Å². The molecule has 0 bridgehead atoms. The van der Waals surface area contributed by atoms with Gasteiger partial charge in [-0.05, 0) is 30.3 Å². The smallest absolute Gasteiger partial charge is 0.261 e. The molecule has 0 saturated heterocycles. The van der Waals surface area contributed by atoms with Gasteiger partial charge >= 0.3 is 0 Å². The Morgan fingerprint density at radius 3 is 2.63 bits per heavy atom. The number of phenolic OH excluding ortho intramolecular Hbond substituents is 1. The molecule has 0 aliphatic carbocycles. The summed E-state index contributed by atoms with van der Waals surface area (Å²) in [4.78, 5) is 13.3. The quantitative estimate of drug-likeness (QED) is 0.914. The summed E-state index contributed by atoms with van der Waals surface area (Å²) in [6, 6.07) is 10.0. The molecule has 2 aromatic rings. The Kier molecular flexibility index (Phi) is 3.71. The summed E-state index contributed by atoms with van der Waals surface area (Å²) >= 11 is 5.79. The Bertz CT molecular complexity index is 631. The number of para-hydroxylation sites is 1. The summed E-state index contributed by atoms with van der Waals surface area (Å²) < 4.78 is 13.6. The molecule has 1 amide bonds. The van der Waals surface area contributed by atoms with E-state index in [1.165, 1.54) is 43.4 Å². The van der Waals surface area contributed by atoms with E-state index in [4.69, 9.17) is 11.6 Å². The van der Waals surface area contributed by atoms with E-state index in [9.17, 15) is 14.3 Å². The first-order chi connectivity index (χ1) is 9.00. The summed E-state index contributed by atoms with van der Waals surface area (Å²) in [7, 11) is 1.43. The first-order valence-electron chi connectivity index (χ1n) is 5.52. The third-order valence-electron chi connectivity index (χ3n) is 2.71. The highest BCUT2D eigenvalue weighted by Gasteiger charge is 2.19. The Balaban J connectivity index is 2.39. The van der Waals surface area contributed by atoms with Gasteiger partial charge in [-0.15, -0.1) is 0 Å². The third kappa shape index (κ3) is 2.69. The Hall–Kier alpha value is -2.07. The second kappa shape index (κ2) is 5.28. The molecule has 0 fully saturated rings. The SMILES string of the molecule is CN(C(=O)c1cc(Cl)ccc1O)c1ccccc1F. The molecule has 0 radical (unpaired) electrons. The summed E-state index contributed by atoms with van der Waals surface area (Å²) in [6.45, 7) is 0. The summed E-state index contributed by atoms with van der Waals surface area (Å²) in [5.41, 5.74) is 0.158. The zero-order chi connectivity index (χ0) is 14.0. The zero-order valence-corrected chi connectivity index (χ0v) is 10.9. The number of phenols is 1. The second-order valence-electron chi connectivity index (χ2n) is 3.98. The van der Waals surface area contributed by atoms with Crippen LogP contribution in [0.15, 0.2) is 42.5 Å². The van der Waals surface area contributed by atoms with Crippen molar-refractivity contribution in [1.82, 2.24) is 0 Å². The molecule has 0 aromatic heterocycles. The van der Waals surface area contributed by atoms with Crippen molar-refractivity contribution in [2.75, 3.05) is 11.9 Å². The Morgan fingerprint density at radius 1 is 1.26 bits per heavy atom. The molecule has 2 rings (SSSR count). The van der Waals surface area contributed by atoms with Gasteiger partial charge < -0.3 is 10.0 Å². The van der Waals surface area contributed by atoms with E-state index < -0.39 is 11.7 Å². The maximum atomic E-state index is 13.6. The fourth-order valence-electron chi connectivity index (χ4n) is 1.69. The van der Waals surface area contributed by atoms with Crippen molar-refractivity contribution < 1.29 is 14.3 Å². The average Bonchev–Trinajstić information content (AvgIpc) is 2.40. The number of anilines is 1. The predicted octanol–water partition coefficient (Wildman–Crippen LogP) is 3.46. The fourth-order valence-corrected chi connectivity index (χ4v) is 1.87. The minimum absolute atomic E-state index is 0.0262. The van der Waals surface area contributed by atoms with Gasteiger partial charge in [0, 0.05) is 12.1 Å². The van der Waals surface area contributed by atoms with E-state index in [0.29, 0.717) is 5.02 Å². The minimum atomic E-state index is -0.537. The number of hydrogen-bond acceptors (Lipinski definition) is 2. The number of amides is 1. The predicted molar refractivity (Wildman–Crippen MR) is 72.3 cm³/mol. The molecule has 1 N–H and O–H groups in total. The highest BCUT2D eigenvalue weighted by molar-refractivity contribution is 6.31. The van der Waals surface area contributed by atoms with Gasteiger partial charge in [0.15, 0.2) is 0 Å². The fraction of sp³-hybridized carbons (Fsp3) is 0.0714. The van der Waals surface area contributed by atoms with Crippen LogP contribution in [0.25, 0.3) is 0 Å². The van der Waals surface area contributed by atoms with E-state index in [-0.39, 0.29) is 17.0 Å². The highest BCUT2D eigenvalue weighted by atomic mass is 35.5. The molecule has 5 heteroatoms. The summed E-state index contributed by atoms with van der Waals surface area (Å²) in [5.74, 6) is -1.25. The van der Waals surface area contributed by atoms with Crippen molar-refractivity contribution in [2.24, 2.45) is 0 Å². The number of benzene rings is 2. The van der Waals surface area contributed by atoms with E-state index in [0.717, 1.165) is 4.90 Å². The Labute approximate surface area is 114 Å². The number of aromatic hydroxyl groups is 1. The van der Waals surface area contributed by atoms with E-state index in [1.807, 2.05) is 0 Å². The number of nitrogens with zero attached hydrogens (tertiary/aromatic N) is 1. The van der Waals surface area contributed by atoms with Crippen molar-refractivity contribution >= 4 is 23.2 Å². The Morgan fingerprint density at radius 2 is 1.95 bits per heavy atom. The number of rotatable bonds is 2. The minimum Gasteiger partial charge on any atom is -0.507 e. The van der Waals surface area contributed by atoms with Crippen LogP contribution in [0.2, 0.25) is 5.02 Å². The first-order valence-corrected chi connectivity index (χ1v) is 5.89.